The van der Waals surface area contributed by atoms with Crippen molar-refractivity contribution in [3.8, 4) is 5.75 Å². The molecule has 2 aromatic carbocycles. The molecule has 0 aromatic heterocycles. The van der Waals surface area contributed by atoms with E-state index in [4.69, 9.17) is 9.47 Å². The zero-order chi connectivity index (χ0) is 20.5. The molecule has 1 saturated heterocycles. The smallest absolute Gasteiger partial charge is 0.255 e. The van der Waals surface area contributed by atoms with Gasteiger partial charge in [-0.3, -0.25) is 9.59 Å². The zero-order valence-electron chi connectivity index (χ0n) is 16.9. The zero-order valence-corrected chi connectivity index (χ0v) is 16.9. The fourth-order valence-electron chi connectivity index (χ4n) is 3.33. The molecule has 0 bridgehead atoms. The van der Waals surface area contributed by atoms with Crippen LogP contribution in [0.5, 0.6) is 5.75 Å². The van der Waals surface area contributed by atoms with Crippen LogP contribution in [0.3, 0.4) is 0 Å². The van der Waals surface area contributed by atoms with Gasteiger partial charge in [0.2, 0.25) is 0 Å². The predicted molar refractivity (Wildman–Crippen MR) is 113 cm³/mol. The van der Waals surface area contributed by atoms with Crippen molar-refractivity contribution in [2.75, 3.05) is 38.7 Å². The van der Waals surface area contributed by atoms with Gasteiger partial charge in [-0.25, -0.2) is 0 Å². The molecule has 0 atom stereocenters. The molecule has 29 heavy (non-hydrogen) atoms. The third-order valence-corrected chi connectivity index (χ3v) is 4.93. The summed E-state index contributed by atoms with van der Waals surface area (Å²) >= 11 is 0. The fourth-order valence-corrected chi connectivity index (χ4v) is 3.33. The first-order valence-corrected chi connectivity index (χ1v) is 10.1. The van der Waals surface area contributed by atoms with Crippen molar-refractivity contribution in [3.05, 3.63) is 59.7 Å². The number of rotatable bonds is 7. The van der Waals surface area contributed by atoms with Gasteiger partial charge < -0.3 is 19.7 Å². The first-order chi connectivity index (χ1) is 14.2. The van der Waals surface area contributed by atoms with E-state index in [-0.39, 0.29) is 11.8 Å². The van der Waals surface area contributed by atoms with E-state index >= 15 is 0 Å². The Morgan fingerprint density at radius 3 is 2.34 bits per heavy atom. The van der Waals surface area contributed by atoms with Crippen molar-refractivity contribution in [2.24, 2.45) is 0 Å². The van der Waals surface area contributed by atoms with Crippen LogP contribution in [0.4, 0.5) is 5.69 Å². The van der Waals surface area contributed by atoms with Crippen LogP contribution in [0.1, 0.15) is 46.4 Å². The summed E-state index contributed by atoms with van der Waals surface area (Å²) in [6.07, 6.45) is 4.45. The van der Waals surface area contributed by atoms with E-state index in [1.54, 1.807) is 55.6 Å². The summed E-state index contributed by atoms with van der Waals surface area (Å²) in [6, 6.07) is 14.1. The molecule has 0 aliphatic carbocycles. The van der Waals surface area contributed by atoms with E-state index in [2.05, 4.69) is 5.32 Å². The summed E-state index contributed by atoms with van der Waals surface area (Å²) in [7, 11) is 1.62. The van der Waals surface area contributed by atoms with Crippen LogP contribution >= 0.6 is 0 Å². The lowest BCUT2D eigenvalue weighted by Crippen LogP contribution is -2.31. The van der Waals surface area contributed by atoms with Crippen LogP contribution in [-0.4, -0.2) is 50.1 Å². The summed E-state index contributed by atoms with van der Waals surface area (Å²) in [5, 5.41) is 2.87. The van der Waals surface area contributed by atoms with Crippen molar-refractivity contribution in [3.63, 3.8) is 0 Å². The number of carbonyl (C=O) groups is 2. The van der Waals surface area contributed by atoms with Crippen molar-refractivity contribution in [2.45, 2.75) is 25.7 Å². The van der Waals surface area contributed by atoms with E-state index in [0.717, 1.165) is 25.9 Å². The van der Waals surface area contributed by atoms with E-state index in [9.17, 15) is 9.59 Å². The van der Waals surface area contributed by atoms with Crippen molar-refractivity contribution in [1.82, 2.24) is 4.90 Å². The molecule has 0 radical (unpaired) electrons. The Kier molecular flexibility index (Phi) is 7.64. The van der Waals surface area contributed by atoms with Crippen molar-refractivity contribution >= 4 is 17.5 Å². The Bertz CT molecular complexity index is 812. The molecule has 6 heteroatoms. The van der Waals surface area contributed by atoms with Crippen molar-refractivity contribution < 1.29 is 19.1 Å². The topological polar surface area (TPSA) is 67.9 Å². The van der Waals surface area contributed by atoms with E-state index in [1.807, 2.05) is 4.90 Å². The van der Waals surface area contributed by atoms with Gasteiger partial charge in [-0.2, -0.15) is 0 Å². The molecule has 0 saturated carbocycles. The SMILES string of the molecule is COCCOc1ccc(C(=O)Nc2cccc(C(=O)N3CCCCCC3)c2)cc1. The van der Waals surface area contributed by atoms with Crippen LogP contribution < -0.4 is 10.1 Å². The van der Waals surface area contributed by atoms with Gasteiger partial charge in [-0.15, -0.1) is 0 Å². The number of likely N-dealkylation sites (tertiary alicyclic amines) is 1. The lowest BCUT2D eigenvalue weighted by Gasteiger charge is -2.20. The van der Waals surface area contributed by atoms with Crippen molar-refractivity contribution in [1.29, 1.82) is 0 Å². The normalized spacial score (nSPS) is 14.2. The van der Waals surface area contributed by atoms with Gasteiger partial charge in [0, 0.05) is 37.0 Å². The van der Waals surface area contributed by atoms with Crippen LogP contribution in [0.15, 0.2) is 48.5 Å². The second-order valence-corrected chi connectivity index (χ2v) is 7.11. The maximum atomic E-state index is 12.8. The lowest BCUT2D eigenvalue weighted by molar-refractivity contribution is 0.0761. The summed E-state index contributed by atoms with van der Waals surface area (Å²) < 4.78 is 10.5. The monoisotopic (exact) mass is 396 g/mol. The van der Waals surface area contributed by atoms with E-state index in [1.165, 1.54) is 12.8 Å². The molecule has 1 heterocycles. The number of amides is 2. The number of nitrogens with one attached hydrogen (secondary N) is 1. The number of hydrogen-bond acceptors (Lipinski definition) is 4. The molecular weight excluding hydrogens is 368 g/mol. The largest absolute Gasteiger partial charge is 0.491 e. The average molecular weight is 396 g/mol. The van der Waals surface area contributed by atoms with Crippen LogP contribution in [-0.2, 0) is 4.74 Å². The second kappa shape index (κ2) is 10.6. The molecule has 6 nitrogen and oxygen atoms in total. The predicted octanol–water partition coefficient (Wildman–Crippen LogP) is 3.98. The molecule has 2 aromatic rings. The number of hydrogen-bond donors (Lipinski definition) is 1. The minimum atomic E-state index is -0.229. The molecule has 1 aliphatic heterocycles. The third kappa shape index (κ3) is 6.06. The maximum Gasteiger partial charge on any atom is 0.255 e. The highest BCUT2D eigenvalue weighted by molar-refractivity contribution is 6.05. The van der Waals surface area contributed by atoms with Gasteiger partial charge in [0.25, 0.3) is 11.8 Å². The second-order valence-electron chi connectivity index (χ2n) is 7.11. The Morgan fingerprint density at radius 2 is 1.66 bits per heavy atom. The Morgan fingerprint density at radius 1 is 0.931 bits per heavy atom. The summed E-state index contributed by atoms with van der Waals surface area (Å²) in [4.78, 5) is 27.3. The Hall–Kier alpha value is -2.86. The number of carbonyl (C=O) groups excluding carboxylic acids is 2. The van der Waals surface area contributed by atoms with E-state index < -0.39 is 0 Å². The average Bonchev–Trinajstić information content (AvgIpc) is 3.04. The number of ether oxygens (including phenoxy) is 2. The molecule has 1 fully saturated rings. The lowest BCUT2D eigenvalue weighted by atomic mass is 10.1. The molecule has 1 N–H and O–H groups in total. The molecule has 1 aliphatic rings. The number of nitrogens with zero attached hydrogens (tertiary/aromatic N) is 1. The maximum absolute atomic E-state index is 12.8. The quantitative estimate of drug-likeness (QED) is 0.719. The van der Waals surface area contributed by atoms with Gasteiger partial charge in [-0.05, 0) is 55.3 Å². The van der Waals surface area contributed by atoms with Crippen LogP contribution in [0.25, 0.3) is 0 Å². The molecular formula is C23H28N2O4. The van der Waals surface area contributed by atoms with E-state index in [0.29, 0.717) is 35.8 Å². The third-order valence-electron chi connectivity index (χ3n) is 4.93. The van der Waals surface area contributed by atoms with Gasteiger partial charge in [0.15, 0.2) is 0 Å². The van der Waals surface area contributed by atoms with Gasteiger partial charge in [0.05, 0.1) is 6.61 Å². The molecule has 2 amide bonds. The first kappa shape index (κ1) is 20.9. The minimum absolute atomic E-state index is 0.0283. The molecule has 0 spiro atoms. The van der Waals surface area contributed by atoms with Gasteiger partial charge in [0.1, 0.15) is 12.4 Å². The minimum Gasteiger partial charge on any atom is -0.491 e. The highest BCUT2D eigenvalue weighted by atomic mass is 16.5. The van der Waals surface area contributed by atoms with Crippen LogP contribution in [0, 0.1) is 0 Å². The van der Waals surface area contributed by atoms with Gasteiger partial charge >= 0.3 is 0 Å². The summed E-state index contributed by atoms with van der Waals surface area (Å²) in [6.45, 7) is 2.57. The Labute approximate surface area is 171 Å². The first-order valence-electron chi connectivity index (χ1n) is 10.1. The summed E-state index contributed by atoms with van der Waals surface area (Å²) in [5.41, 5.74) is 1.73. The van der Waals surface area contributed by atoms with Crippen LogP contribution in [0.2, 0.25) is 0 Å². The van der Waals surface area contributed by atoms with Gasteiger partial charge in [-0.1, -0.05) is 18.9 Å². The molecule has 0 unspecified atom stereocenters. The molecule has 154 valence electrons. The molecule has 3 rings (SSSR count). The number of benzene rings is 2. The number of methoxy groups -OCH3 is 1. The number of anilines is 1. The fraction of sp³-hybridized carbons (Fsp3) is 0.391. The standard InChI is InChI=1S/C23H28N2O4/c1-28-15-16-29-21-11-9-18(10-12-21)22(26)24-20-8-6-7-19(17-20)23(27)25-13-4-2-3-5-14-25/h6-12,17H,2-5,13-16H2,1H3,(H,24,26). The highest BCUT2D eigenvalue weighted by Gasteiger charge is 2.17. The summed E-state index contributed by atoms with van der Waals surface area (Å²) in [5.74, 6) is 0.483. The highest BCUT2D eigenvalue weighted by Crippen LogP contribution is 2.18. The Balaban J connectivity index is 1.62.